The van der Waals surface area contributed by atoms with Crippen LogP contribution in [0.15, 0.2) is 0 Å². The van der Waals surface area contributed by atoms with Crippen molar-refractivity contribution in [2.24, 2.45) is 0 Å². The van der Waals surface area contributed by atoms with Gasteiger partial charge in [-0.15, -0.1) is 5.48 Å². The van der Waals surface area contributed by atoms with Gasteiger partial charge in [-0.2, -0.15) is 0 Å². The van der Waals surface area contributed by atoms with Gasteiger partial charge in [-0.1, -0.05) is 19.8 Å². The lowest BCUT2D eigenvalue weighted by Crippen LogP contribution is -2.24. The molecule has 0 aliphatic rings. The van der Waals surface area contributed by atoms with E-state index in [0.29, 0.717) is 6.61 Å². The largest absolute Gasteiger partial charge is 0.447 e. The van der Waals surface area contributed by atoms with Crippen molar-refractivity contribution in [2.75, 3.05) is 6.61 Å². The van der Waals surface area contributed by atoms with Gasteiger partial charge in [0.25, 0.3) is 0 Å². The van der Waals surface area contributed by atoms with Crippen molar-refractivity contribution < 1.29 is 19.2 Å². The van der Waals surface area contributed by atoms with Crippen molar-refractivity contribution in [1.29, 1.82) is 0 Å². The van der Waals surface area contributed by atoms with Gasteiger partial charge in [0.05, 0.1) is 6.61 Å². The number of carbonyl (C=O) groups excluding carboxylic acids is 2. The Kier molecular flexibility index (Phi) is 7.02. The molecule has 5 nitrogen and oxygen atoms in total. The molecule has 1 amide bonds. The number of amides is 1. The Morgan fingerprint density at radius 3 is 2.83 bits per heavy atom. The molecule has 0 bridgehead atoms. The van der Waals surface area contributed by atoms with E-state index < -0.39 is 6.09 Å². The molecule has 0 saturated heterocycles. The number of rotatable bonds is 6. The molecule has 0 aromatic heterocycles. The fraction of sp³-hybridized carbons (Fsp3) is 0.714. The minimum Gasteiger partial charge on any atom is -0.447 e. The second-order valence-electron chi connectivity index (χ2n) is 2.16. The quantitative estimate of drug-likeness (QED) is 0.371. The van der Waals surface area contributed by atoms with Crippen molar-refractivity contribution in [1.82, 2.24) is 5.48 Å². The molecule has 0 heterocycles. The number of unbranched alkanes of at least 4 members (excludes halogenated alkanes) is 2. The Labute approximate surface area is 71.0 Å². The van der Waals surface area contributed by atoms with E-state index in [2.05, 4.69) is 16.5 Å². The molecule has 0 aromatic rings. The highest BCUT2D eigenvalue weighted by Gasteiger charge is 1.99. The highest BCUT2D eigenvalue weighted by molar-refractivity contribution is 5.66. The summed E-state index contributed by atoms with van der Waals surface area (Å²) >= 11 is 0. The van der Waals surface area contributed by atoms with Gasteiger partial charge in [0.2, 0.25) is 0 Å². The molecule has 1 N–H and O–H groups in total. The number of hydrogen-bond donors (Lipinski definition) is 1. The Bertz CT molecular complexity index is 137. The first-order valence-corrected chi connectivity index (χ1v) is 3.83. The number of hydroxylamine groups is 1. The lowest BCUT2D eigenvalue weighted by molar-refractivity contribution is -0.134. The molecule has 0 spiro atoms. The highest BCUT2D eigenvalue weighted by atomic mass is 16.7. The molecule has 0 saturated carbocycles. The first-order chi connectivity index (χ1) is 5.81. The summed E-state index contributed by atoms with van der Waals surface area (Å²) < 4.78 is 4.61. The second-order valence-corrected chi connectivity index (χ2v) is 2.16. The Hall–Kier alpha value is -1.26. The molecule has 12 heavy (non-hydrogen) atoms. The van der Waals surface area contributed by atoms with Gasteiger partial charge in [-0.25, -0.2) is 4.79 Å². The van der Waals surface area contributed by atoms with Crippen LogP contribution in [0.3, 0.4) is 0 Å². The molecule has 0 radical (unpaired) electrons. The molecular formula is C7H13NO4. The fourth-order valence-electron chi connectivity index (χ4n) is 0.619. The smallest absolute Gasteiger partial charge is 0.440 e. The van der Waals surface area contributed by atoms with Gasteiger partial charge < -0.3 is 9.57 Å². The zero-order valence-corrected chi connectivity index (χ0v) is 7.04. The van der Waals surface area contributed by atoms with Crippen molar-refractivity contribution >= 4 is 12.6 Å². The molecule has 0 aromatic carbocycles. The Morgan fingerprint density at radius 2 is 2.25 bits per heavy atom. The van der Waals surface area contributed by atoms with E-state index in [1.54, 1.807) is 5.48 Å². The number of ether oxygens (including phenoxy) is 1. The molecule has 5 heteroatoms. The third kappa shape index (κ3) is 6.85. The van der Waals surface area contributed by atoms with Crippen LogP contribution in [-0.2, 0) is 14.4 Å². The van der Waals surface area contributed by atoms with E-state index in [0.717, 1.165) is 19.3 Å². The van der Waals surface area contributed by atoms with E-state index in [9.17, 15) is 9.59 Å². The summed E-state index contributed by atoms with van der Waals surface area (Å²) in [6.45, 7) is 2.52. The van der Waals surface area contributed by atoms with Gasteiger partial charge in [0, 0.05) is 0 Å². The normalized spacial score (nSPS) is 8.75. The Balaban J connectivity index is 3.13. The molecule has 0 atom stereocenters. The van der Waals surface area contributed by atoms with E-state index in [1.807, 2.05) is 0 Å². The van der Waals surface area contributed by atoms with Gasteiger partial charge in [0.1, 0.15) is 0 Å². The first kappa shape index (κ1) is 10.7. The maximum absolute atomic E-state index is 10.5. The molecule has 0 fully saturated rings. The van der Waals surface area contributed by atoms with Crippen LogP contribution in [0.5, 0.6) is 0 Å². The summed E-state index contributed by atoms with van der Waals surface area (Å²) in [4.78, 5) is 24.1. The van der Waals surface area contributed by atoms with E-state index in [4.69, 9.17) is 0 Å². The van der Waals surface area contributed by atoms with Crippen molar-refractivity contribution in [2.45, 2.75) is 26.2 Å². The summed E-state index contributed by atoms with van der Waals surface area (Å²) in [7, 11) is 0. The highest BCUT2D eigenvalue weighted by Crippen LogP contribution is 1.93. The SMILES string of the molecule is CCCCCOC(=O)NOC=O. The molecular weight excluding hydrogens is 162 g/mol. The second kappa shape index (κ2) is 7.84. The summed E-state index contributed by atoms with van der Waals surface area (Å²) in [5, 5.41) is 0. The number of nitrogens with one attached hydrogen (secondary N) is 1. The molecule has 70 valence electrons. The average molecular weight is 175 g/mol. The summed E-state index contributed by atoms with van der Waals surface area (Å²) in [6, 6.07) is 0. The number of hydrogen-bond acceptors (Lipinski definition) is 4. The first-order valence-electron chi connectivity index (χ1n) is 3.83. The minimum atomic E-state index is -0.738. The molecule has 0 aliphatic heterocycles. The summed E-state index contributed by atoms with van der Waals surface area (Å²) in [5.74, 6) is 0. The van der Waals surface area contributed by atoms with Crippen LogP contribution in [0.1, 0.15) is 26.2 Å². The van der Waals surface area contributed by atoms with E-state index >= 15 is 0 Å². The Morgan fingerprint density at radius 1 is 1.50 bits per heavy atom. The van der Waals surface area contributed by atoms with Crippen LogP contribution in [0.2, 0.25) is 0 Å². The van der Waals surface area contributed by atoms with Crippen molar-refractivity contribution in [3.05, 3.63) is 0 Å². The van der Waals surface area contributed by atoms with Crippen LogP contribution in [0, 0.1) is 0 Å². The predicted molar refractivity (Wildman–Crippen MR) is 41.2 cm³/mol. The predicted octanol–water partition coefficient (Wildman–Crippen LogP) is 0.991. The van der Waals surface area contributed by atoms with Crippen molar-refractivity contribution in [3.8, 4) is 0 Å². The third-order valence-electron chi connectivity index (χ3n) is 1.17. The maximum Gasteiger partial charge on any atom is 0.440 e. The zero-order chi connectivity index (χ0) is 9.23. The van der Waals surface area contributed by atoms with Gasteiger partial charge >= 0.3 is 12.6 Å². The lowest BCUT2D eigenvalue weighted by atomic mass is 10.3. The van der Waals surface area contributed by atoms with Crippen LogP contribution in [0.25, 0.3) is 0 Å². The standard InChI is InChI=1S/C7H13NO4/c1-2-3-4-5-11-7(10)8-12-6-9/h6H,2-5H2,1H3,(H,8,10). The zero-order valence-electron chi connectivity index (χ0n) is 7.04. The van der Waals surface area contributed by atoms with Gasteiger partial charge in [0.15, 0.2) is 0 Å². The monoisotopic (exact) mass is 175 g/mol. The topological polar surface area (TPSA) is 64.6 Å². The van der Waals surface area contributed by atoms with Crippen LogP contribution in [0.4, 0.5) is 4.79 Å². The van der Waals surface area contributed by atoms with Gasteiger partial charge in [-0.3, -0.25) is 4.79 Å². The molecule has 0 aliphatic carbocycles. The van der Waals surface area contributed by atoms with Crippen LogP contribution >= 0.6 is 0 Å². The molecule has 0 rings (SSSR count). The van der Waals surface area contributed by atoms with E-state index in [-0.39, 0.29) is 6.47 Å². The van der Waals surface area contributed by atoms with Gasteiger partial charge in [-0.05, 0) is 6.42 Å². The van der Waals surface area contributed by atoms with E-state index in [1.165, 1.54) is 0 Å². The van der Waals surface area contributed by atoms with Crippen molar-refractivity contribution in [3.63, 3.8) is 0 Å². The van der Waals surface area contributed by atoms with Crippen LogP contribution in [-0.4, -0.2) is 19.2 Å². The molecule has 0 unspecified atom stereocenters. The lowest BCUT2D eigenvalue weighted by Gasteiger charge is -2.02. The maximum atomic E-state index is 10.5. The summed E-state index contributed by atoms with van der Waals surface area (Å²) in [5.41, 5.74) is 1.78. The number of carbonyl (C=O) groups is 2. The van der Waals surface area contributed by atoms with Crippen LogP contribution < -0.4 is 5.48 Å². The average Bonchev–Trinajstić information content (AvgIpc) is 2.09. The fourth-order valence-corrected chi connectivity index (χ4v) is 0.619. The summed E-state index contributed by atoms with van der Waals surface area (Å²) in [6.07, 6.45) is 2.17. The third-order valence-corrected chi connectivity index (χ3v) is 1.17. The minimum absolute atomic E-state index is 0.118.